The van der Waals surface area contributed by atoms with Gasteiger partial charge in [0.2, 0.25) is 0 Å². The SMILES string of the molecule is OB(O)c1cc2c(c3c1CCCC3)CCCC2. The van der Waals surface area contributed by atoms with E-state index in [0.29, 0.717) is 0 Å². The minimum Gasteiger partial charge on any atom is -0.423 e. The fourth-order valence-electron chi connectivity index (χ4n) is 3.49. The Morgan fingerprint density at radius 3 is 2.06 bits per heavy atom. The molecule has 1 aromatic rings. The second kappa shape index (κ2) is 4.47. The van der Waals surface area contributed by atoms with Crippen LogP contribution in [0.15, 0.2) is 6.07 Å². The van der Waals surface area contributed by atoms with Crippen LogP contribution in [0.3, 0.4) is 0 Å². The van der Waals surface area contributed by atoms with E-state index in [9.17, 15) is 10.0 Å². The Bertz CT molecular complexity index is 440. The molecule has 0 heterocycles. The molecule has 0 fully saturated rings. The molecular formula is C14H19BO2. The van der Waals surface area contributed by atoms with Crippen LogP contribution < -0.4 is 5.46 Å². The predicted molar refractivity (Wildman–Crippen MR) is 69.6 cm³/mol. The van der Waals surface area contributed by atoms with Crippen LogP contribution in [-0.2, 0) is 25.7 Å². The molecule has 0 aliphatic heterocycles. The third-order valence-corrected chi connectivity index (χ3v) is 4.30. The standard InChI is InChI=1S/C14H19BO2/c16-15(17)14-9-10-5-1-2-6-11(10)12-7-3-4-8-13(12)14/h9,16-17H,1-8H2. The molecule has 2 N–H and O–H groups in total. The average Bonchev–Trinajstić information content (AvgIpc) is 2.37. The first-order valence-corrected chi connectivity index (χ1v) is 6.80. The van der Waals surface area contributed by atoms with Gasteiger partial charge in [-0.15, -0.1) is 0 Å². The van der Waals surface area contributed by atoms with E-state index in [-0.39, 0.29) is 0 Å². The molecule has 90 valence electrons. The van der Waals surface area contributed by atoms with Crippen molar-refractivity contribution in [1.29, 1.82) is 0 Å². The first-order valence-electron chi connectivity index (χ1n) is 6.80. The van der Waals surface area contributed by atoms with Crippen molar-refractivity contribution in [2.24, 2.45) is 0 Å². The van der Waals surface area contributed by atoms with Gasteiger partial charge < -0.3 is 10.0 Å². The van der Waals surface area contributed by atoms with Crippen LogP contribution >= 0.6 is 0 Å². The molecule has 0 bridgehead atoms. The van der Waals surface area contributed by atoms with Gasteiger partial charge in [0, 0.05) is 0 Å². The third-order valence-electron chi connectivity index (χ3n) is 4.30. The Hall–Kier alpha value is -0.795. The van der Waals surface area contributed by atoms with Gasteiger partial charge in [-0.1, -0.05) is 6.07 Å². The predicted octanol–water partition coefficient (Wildman–Crippen LogP) is 1.12. The summed E-state index contributed by atoms with van der Waals surface area (Å²) in [5, 5.41) is 19.1. The van der Waals surface area contributed by atoms with Crippen molar-refractivity contribution in [1.82, 2.24) is 0 Å². The van der Waals surface area contributed by atoms with Crippen LogP contribution in [0.1, 0.15) is 47.9 Å². The Morgan fingerprint density at radius 2 is 1.35 bits per heavy atom. The molecular weight excluding hydrogens is 211 g/mol. The van der Waals surface area contributed by atoms with Gasteiger partial charge in [-0.3, -0.25) is 0 Å². The number of fused-ring (bicyclic) bond motifs is 3. The molecule has 0 spiro atoms. The smallest absolute Gasteiger partial charge is 0.423 e. The van der Waals surface area contributed by atoms with Gasteiger partial charge >= 0.3 is 7.12 Å². The molecule has 0 saturated carbocycles. The molecule has 0 atom stereocenters. The highest BCUT2D eigenvalue weighted by Crippen LogP contribution is 2.30. The Labute approximate surface area is 103 Å². The molecule has 0 saturated heterocycles. The van der Waals surface area contributed by atoms with Crippen LogP contribution in [0.4, 0.5) is 0 Å². The minimum absolute atomic E-state index is 0.778. The summed E-state index contributed by atoms with van der Waals surface area (Å²) in [6.07, 6.45) is 9.44. The number of rotatable bonds is 1. The normalized spacial score (nSPS) is 18.5. The molecule has 17 heavy (non-hydrogen) atoms. The molecule has 0 aromatic heterocycles. The highest BCUT2D eigenvalue weighted by atomic mass is 16.4. The molecule has 1 aromatic carbocycles. The first kappa shape index (κ1) is 11.3. The van der Waals surface area contributed by atoms with E-state index in [0.717, 1.165) is 24.7 Å². The van der Waals surface area contributed by atoms with Crippen molar-refractivity contribution in [3.63, 3.8) is 0 Å². The van der Waals surface area contributed by atoms with Crippen LogP contribution in [0, 0.1) is 0 Å². The summed E-state index contributed by atoms with van der Waals surface area (Å²) in [5.74, 6) is 0. The zero-order valence-electron chi connectivity index (χ0n) is 10.2. The molecule has 3 heteroatoms. The van der Waals surface area contributed by atoms with Crippen LogP contribution in [0.25, 0.3) is 0 Å². The second-order valence-corrected chi connectivity index (χ2v) is 5.35. The monoisotopic (exact) mass is 230 g/mol. The summed E-state index contributed by atoms with van der Waals surface area (Å²) in [4.78, 5) is 0. The van der Waals surface area contributed by atoms with Gasteiger partial charge in [0.15, 0.2) is 0 Å². The van der Waals surface area contributed by atoms with Crippen LogP contribution in [-0.4, -0.2) is 17.2 Å². The molecule has 0 amide bonds. The summed E-state index contributed by atoms with van der Waals surface area (Å²) < 4.78 is 0. The quantitative estimate of drug-likeness (QED) is 0.710. The van der Waals surface area contributed by atoms with Crippen molar-refractivity contribution in [3.8, 4) is 0 Å². The highest BCUT2D eigenvalue weighted by Gasteiger charge is 2.26. The lowest BCUT2D eigenvalue weighted by Crippen LogP contribution is -2.36. The lowest BCUT2D eigenvalue weighted by molar-refractivity contribution is 0.425. The van der Waals surface area contributed by atoms with Crippen molar-refractivity contribution < 1.29 is 10.0 Å². The van der Waals surface area contributed by atoms with Crippen molar-refractivity contribution in [3.05, 3.63) is 28.3 Å². The summed E-state index contributed by atoms with van der Waals surface area (Å²) in [7, 11) is -1.30. The van der Waals surface area contributed by atoms with Gasteiger partial charge in [-0.25, -0.2) is 0 Å². The lowest BCUT2D eigenvalue weighted by Gasteiger charge is -2.27. The summed E-state index contributed by atoms with van der Waals surface area (Å²) in [6.45, 7) is 0. The van der Waals surface area contributed by atoms with Crippen molar-refractivity contribution >= 4 is 12.6 Å². The third kappa shape index (κ3) is 1.92. The molecule has 2 aliphatic rings. The lowest BCUT2D eigenvalue weighted by atomic mass is 9.68. The van der Waals surface area contributed by atoms with E-state index in [1.165, 1.54) is 54.4 Å². The van der Waals surface area contributed by atoms with Crippen LogP contribution in [0.5, 0.6) is 0 Å². The Balaban J connectivity index is 2.18. The van der Waals surface area contributed by atoms with Crippen molar-refractivity contribution in [2.75, 3.05) is 0 Å². The van der Waals surface area contributed by atoms with E-state index in [1.54, 1.807) is 0 Å². The molecule has 2 nitrogen and oxygen atoms in total. The van der Waals surface area contributed by atoms with Gasteiger partial charge in [-0.05, 0) is 79.1 Å². The number of hydrogen-bond donors (Lipinski definition) is 2. The zero-order chi connectivity index (χ0) is 11.8. The summed E-state index contributed by atoms with van der Waals surface area (Å²) >= 11 is 0. The van der Waals surface area contributed by atoms with E-state index in [1.807, 2.05) is 0 Å². The van der Waals surface area contributed by atoms with Crippen molar-refractivity contribution in [2.45, 2.75) is 51.4 Å². The maximum absolute atomic E-state index is 9.54. The first-order chi connectivity index (χ1) is 8.27. The fourth-order valence-corrected chi connectivity index (χ4v) is 3.49. The molecule has 3 rings (SSSR count). The maximum Gasteiger partial charge on any atom is 0.488 e. The molecule has 0 radical (unpaired) electrons. The van der Waals surface area contributed by atoms with Gasteiger partial charge in [0.25, 0.3) is 0 Å². The highest BCUT2D eigenvalue weighted by molar-refractivity contribution is 6.59. The summed E-state index contributed by atoms with van der Waals surface area (Å²) in [6, 6.07) is 2.06. The topological polar surface area (TPSA) is 40.5 Å². The van der Waals surface area contributed by atoms with E-state index < -0.39 is 7.12 Å². The molecule has 0 unspecified atom stereocenters. The maximum atomic E-state index is 9.54. The number of hydrogen-bond acceptors (Lipinski definition) is 2. The van der Waals surface area contributed by atoms with Crippen LogP contribution in [0.2, 0.25) is 0 Å². The van der Waals surface area contributed by atoms with E-state index in [2.05, 4.69) is 6.07 Å². The Kier molecular flexibility index (Phi) is 2.97. The van der Waals surface area contributed by atoms with E-state index >= 15 is 0 Å². The molecule has 2 aliphatic carbocycles. The number of benzene rings is 1. The zero-order valence-corrected chi connectivity index (χ0v) is 10.2. The summed E-state index contributed by atoms with van der Waals surface area (Å²) in [5.41, 5.74) is 6.39. The number of aryl methyl sites for hydroxylation is 1. The average molecular weight is 230 g/mol. The largest absolute Gasteiger partial charge is 0.488 e. The second-order valence-electron chi connectivity index (χ2n) is 5.35. The Morgan fingerprint density at radius 1 is 0.765 bits per heavy atom. The fraction of sp³-hybridized carbons (Fsp3) is 0.571. The van der Waals surface area contributed by atoms with Gasteiger partial charge in [0.05, 0.1) is 0 Å². The van der Waals surface area contributed by atoms with E-state index in [4.69, 9.17) is 0 Å². The minimum atomic E-state index is -1.30. The van der Waals surface area contributed by atoms with Gasteiger partial charge in [-0.2, -0.15) is 0 Å². The van der Waals surface area contributed by atoms with Gasteiger partial charge in [0.1, 0.15) is 0 Å².